The van der Waals surface area contributed by atoms with Crippen molar-refractivity contribution in [3.05, 3.63) is 29.8 Å². The third-order valence-electron chi connectivity index (χ3n) is 6.03. The van der Waals surface area contributed by atoms with Crippen LogP contribution in [-0.4, -0.2) is 75.2 Å². The highest BCUT2D eigenvalue weighted by atomic mass is 127. The van der Waals surface area contributed by atoms with Crippen molar-refractivity contribution in [2.45, 2.75) is 57.2 Å². The molecule has 30 heavy (non-hydrogen) atoms. The molecule has 1 saturated heterocycles. The van der Waals surface area contributed by atoms with Crippen molar-refractivity contribution in [1.82, 2.24) is 20.4 Å². The highest BCUT2D eigenvalue weighted by molar-refractivity contribution is 14.0. The second-order valence-corrected chi connectivity index (χ2v) is 8.64. The number of rotatable bonds is 9. The zero-order valence-electron chi connectivity index (χ0n) is 18.9. The number of nitrogens with zero attached hydrogens (tertiary/aromatic N) is 3. The van der Waals surface area contributed by atoms with E-state index < -0.39 is 0 Å². The highest BCUT2D eigenvalue weighted by Crippen LogP contribution is 2.26. The van der Waals surface area contributed by atoms with Gasteiger partial charge < -0.3 is 20.3 Å². The van der Waals surface area contributed by atoms with Gasteiger partial charge in [0.1, 0.15) is 5.75 Å². The number of aliphatic imine (C=N–C) groups is 1. The molecule has 2 aliphatic rings. The van der Waals surface area contributed by atoms with Crippen molar-refractivity contribution in [2.75, 3.05) is 47.4 Å². The van der Waals surface area contributed by atoms with Crippen LogP contribution in [-0.2, 0) is 6.54 Å². The first kappa shape index (κ1) is 25.2. The average molecular weight is 530 g/mol. The molecule has 1 saturated carbocycles. The summed E-state index contributed by atoms with van der Waals surface area (Å²) in [5.41, 5.74) is 1.23. The van der Waals surface area contributed by atoms with Crippen LogP contribution in [0.25, 0.3) is 0 Å². The Kier molecular flexibility index (Phi) is 11.2. The standard InChI is InChI=1S/C23H39N5O.HI/c1-24-23(26-20-13-15-28(18-20)21-7-4-5-8-21)25-17-19-9-11-22(12-10-19)29-16-6-14-27(2)3;/h9-12,20-21H,4-8,13-18H2,1-3H3,(H2,24,25,26);1H. The van der Waals surface area contributed by atoms with Gasteiger partial charge in [0, 0.05) is 45.3 Å². The summed E-state index contributed by atoms with van der Waals surface area (Å²) >= 11 is 0. The quantitative estimate of drug-likeness (QED) is 0.223. The van der Waals surface area contributed by atoms with Crippen molar-refractivity contribution >= 4 is 29.9 Å². The Hall–Kier alpha value is -1.06. The lowest BCUT2D eigenvalue weighted by Gasteiger charge is -2.24. The molecule has 170 valence electrons. The minimum atomic E-state index is 0. The first-order chi connectivity index (χ1) is 14.1. The third-order valence-corrected chi connectivity index (χ3v) is 6.03. The van der Waals surface area contributed by atoms with Gasteiger partial charge in [-0.3, -0.25) is 9.89 Å². The van der Waals surface area contributed by atoms with Crippen LogP contribution in [0, 0.1) is 0 Å². The lowest BCUT2D eigenvalue weighted by molar-refractivity contribution is 0.242. The number of hydrogen-bond donors (Lipinski definition) is 2. The van der Waals surface area contributed by atoms with E-state index in [4.69, 9.17) is 4.74 Å². The van der Waals surface area contributed by atoms with Crippen LogP contribution < -0.4 is 15.4 Å². The second-order valence-electron chi connectivity index (χ2n) is 8.64. The molecule has 1 aromatic carbocycles. The average Bonchev–Trinajstić information content (AvgIpc) is 3.41. The lowest BCUT2D eigenvalue weighted by atomic mass is 10.2. The van der Waals surface area contributed by atoms with Crippen molar-refractivity contribution in [2.24, 2.45) is 4.99 Å². The fourth-order valence-electron chi connectivity index (χ4n) is 4.35. The normalized spacial score (nSPS) is 20.4. The van der Waals surface area contributed by atoms with E-state index in [0.717, 1.165) is 50.4 Å². The summed E-state index contributed by atoms with van der Waals surface area (Å²) in [6, 6.07) is 9.68. The number of ether oxygens (including phenoxy) is 1. The van der Waals surface area contributed by atoms with E-state index in [-0.39, 0.29) is 24.0 Å². The molecule has 1 aliphatic carbocycles. The molecule has 2 fully saturated rings. The third kappa shape index (κ3) is 8.23. The predicted molar refractivity (Wildman–Crippen MR) is 136 cm³/mol. The lowest BCUT2D eigenvalue weighted by Crippen LogP contribution is -2.45. The molecule has 0 radical (unpaired) electrons. The first-order valence-electron chi connectivity index (χ1n) is 11.2. The zero-order chi connectivity index (χ0) is 20.5. The van der Waals surface area contributed by atoms with Gasteiger partial charge in [0.25, 0.3) is 0 Å². The van der Waals surface area contributed by atoms with E-state index >= 15 is 0 Å². The van der Waals surface area contributed by atoms with Crippen LogP contribution in [0.4, 0.5) is 0 Å². The summed E-state index contributed by atoms with van der Waals surface area (Å²) in [6.45, 7) is 4.93. The van der Waals surface area contributed by atoms with E-state index in [2.05, 4.69) is 63.8 Å². The van der Waals surface area contributed by atoms with Gasteiger partial charge in [0.15, 0.2) is 5.96 Å². The molecule has 0 bridgehead atoms. The van der Waals surface area contributed by atoms with Crippen molar-refractivity contribution in [3.8, 4) is 5.75 Å². The van der Waals surface area contributed by atoms with Crippen LogP contribution in [0.1, 0.15) is 44.1 Å². The number of halogens is 1. The fourth-order valence-corrected chi connectivity index (χ4v) is 4.35. The molecule has 1 unspecified atom stereocenters. The number of hydrogen-bond acceptors (Lipinski definition) is 4. The van der Waals surface area contributed by atoms with Gasteiger partial charge in [-0.15, -0.1) is 24.0 Å². The Labute approximate surface area is 199 Å². The van der Waals surface area contributed by atoms with Crippen LogP contribution in [0.5, 0.6) is 5.75 Å². The summed E-state index contributed by atoms with van der Waals surface area (Å²) in [7, 11) is 6.02. The topological polar surface area (TPSA) is 52.1 Å². The molecule has 7 heteroatoms. The van der Waals surface area contributed by atoms with Gasteiger partial charge in [-0.05, 0) is 57.5 Å². The van der Waals surface area contributed by atoms with Gasteiger partial charge in [-0.2, -0.15) is 0 Å². The van der Waals surface area contributed by atoms with Crippen LogP contribution in [0.2, 0.25) is 0 Å². The van der Waals surface area contributed by atoms with Gasteiger partial charge in [-0.1, -0.05) is 25.0 Å². The Bertz CT molecular complexity index is 631. The largest absolute Gasteiger partial charge is 0.494 e. The molecule has 0 aromatic heterocycles. The van der Waals surface area contributed by atoms with Gasteiger partial charge in [0.2, 0.25) is 0 Å². The Morgan fingerprint density at radius 2 is 1.90 bits per heavy atom. The maximum absolute atomic E-state index is 5.81. The molecule has 1 aromatic rings. The maximum atomic E-state index is 5.81. The fraction of sp³-hybridized carbons (Fsp3) is 0.696. The molecule has 1 heterocycles. The second kappa shape index (κ2) is 13.4. The van der Waals surface area contributed by atoms with E-state index in [0.29, 0.717) is 6.04 Å². The highest BCUT2D eigenvalue weighted by Gasteiger charge is 2.30. The Morgan fingerprint density at radius 3 is 2.57 bits per heavy atom. The minimum Gasteiger partial charge on any atom is -0.494 e. The monoisotopic (exact) mass is 529 g/mol. The van der Waals surface area contributed by atoms with Crippen molar-refractivity contribution < 1.29 is 4.74 Å². The smallest absolute Gasteiger partial charge is 0.191 e. The number of benzene rings is 1. The summed E-state index contributed by atoms with van der Waals surface area (Å²) in [5.74, 6) is 1.83. The molecular weight excluding hydrogens is 489 g/mol. The summed E-state index contributed by atoms with van der Waals surface area (Å²) in [4.78, 5) is 9.27. The molecule has 0 spiro atoms. The molecule has 2 N–H and O–H groups in total. The number of nitrogens with one attached hydrogen (secondary N) is 2. The Morgan fingerprint density at radius 1 is 1.17 bits per heavy atom. The number of likely N-dealkylation sites (tertiary alicyclic amines) is 1. The predicted octanol–water partition coefficient (Wildman–Crippen LogP) is 3.32. The molecular formula is C23H40IN5O. The summed E-state index contributed by atoms with van der Waals surface area (Å²) in [5, 5.41) is 7.07. The van der Waals surface area contributed by atoms with E-state index in [1.54, 1.807) is 0 Å². The van der Waals surface area contributed by atoms with Crippen LogP contribution in [0.15, 0.2) is 29.3 Å². The van der Waals surface area contributed by atoms with E-state index in [1.165, 1.54) is 44.2 Å². The van der Waals surface area contributed by atoms with Gasteiger partial charge in [-0.25, -0.2) is 0 Å². The van der Waals surface area contributed by atoms with Crippen molar-refractivity contribution in [1.29, 1.82) is 0 Å². The molecule has 3 rings (SSSR count). The van der Waals surface area contributed by atoms with E-state index in [9.17, 15) is 0 Å². The summed E-state index contributed by atoms with van der Waals surface area (Å²) < 4.78 is 5.81. The van der Waals surface area contributed by atoms with Crippen LogP contribution in [0.3, 0.4) is 0 Å². The van der Waals surface area contributed by atoms with Crippen LogP contribution >= 0.6 is 24.0 Å². The van der Waals surface area contributed by atoms with Gasteiger partial charge >= 0.3 is 0 Å². The minimum absolute atomic E-state index is 0. The first-order valence-corrected chi connectivity index (χ1v) is 11.2. The summed E-state index contributed by atoms with van der Waals surface area (Å²) in [6.07, 6.45) is 7.82. The van der Waals surface area contributed by atoms with Gasteiger partial charge in [0.05, 0.1) is 6.61 Å². The molecule has 0 amide bonds. The molecule has 1 aliphatic heterocycles. The SMILES string of the molecule is CN=C(NCc1ccc(OCCCN(C)C)cc1)NC1CCN(C2CCCC2)C1.I. The number of guanidine groups is 1. The van der Waals surface area contributed by atoms with E-state index in [1.807, 2.05) is 7.05 Å². The Balaban J connectivity index is 0.00000320. The maximum Gasteiger partial charge on any atom is 0.191 e. The molecule has 6 nitrogen and oxygen atoms in total. The molecule has 1 atom stereocenters. The zero-order valence-corrected chi connectivity index (χ0v) is 21.2. The van der Waals surface area contributed by atoms with Crippen molar-refractivity contribution in [3.63, 3.8) is 0 Å².